The molecule has 4 nitrogen and oxygen atoms in total. The SMILES string of the molecule is O=C(c1ccccc1)c1ccccc1-c1ccc(N(c2ccc(-c3ccccc3C(=O)c3ccccc3)cc2)c2ccc(-c3ccccc3C(=O)c3ccccc3)cc2)cc1. The Bertz CT molecular complexity index is 2650. The Labute approximate surface area is 355 Å². The minimum absolute atomic E-state index is 0.0267. The third-order valence-electron chi connectivity index (χ3n) is 10.9. The highest BCUT2D eigenvalue weighted by Gasteiger charge is 2.20. The molecule has 0 unspecified atom stereocenters. The van der Waals surface area contributed by atoms with Crippen LogP contribution in [-0.2, 0) is 0 Å². The zero-order chi connectivity index (χ0) is 41.5. The van der Waals surface area contributed by atoms with Crippen molar-refractivity contribution in [3.63, 3.8) is 0 Å². The van der Waals surface area contributed by atoms with Crippen LogP contribution in [0.1, 0.15) is 47.8 Å². The topological polar surface area (TPSA) is 54.5 Å². The molecule has 9 aromatic carbocycles. The molecule has 61 heavy (non-hydrogen) atoms. The molecule has 4 heteroatoms. The first-order valence-electron chi connectivity index (χ1n) is 20.2. The van der Waals surface area contributed by atoms with Crippen LogP contribution in [0.4, 0.5) is 17.1 Å². The van der Waals surface area contributed by atoms with Crippen LogP contribution in [0.5, 0.6) is 0 Å². The van der Waals surface area contributed by atoms with Gasteiger partial charge >= 0.3 is 0 Å². The van der Waals surface area contributed by atoms with Gasteiger partial charge in [0.25, 0.3) is 0 Å². The van der Waals surface area contributed by atoms with Crippen LogP contribution >= 0.6 is 0 Å². The van der Waals surface area contributed by atoms with Gasteiger partial charge in [-0.1, -0.05) is 200 Å². The lowest BCUT2D eigenvalue weighted by molar-refractivity contribution is 0.103. The van der Waals surface area contributed by atoms with Crippen molar-refractivity contribution in [2.45, 2.75) is 0 Å². The lowest BCUT2D eigenvalue weighted by Gasteiger charge is -2.26. The molecular weight excluding hydrogens is 747 g/mol. The molecule has 0 aliphatic rings. The molecule has 0 saturated carbocycles. The fraction of sp³-hybridized carbons (Fsp3) is 0. The molecule has 0 heterocycles. The molecule has 0 saturated heterocycles. The smallest absolute Gasteiger partial charge is 0.193 e. The van der Waals surface area contributed by atoms with E-state index in [0.717, 1.165) is 50.4 Å². The van der Waals surface area contributed by atoms with E-state index in [2.05, 4.69) is 77.7 Å². The Kier molecular flexibility index (Phi) is 10.9. The van der Waals surface area contributed by atoms with E-state index < -0.39 is 0 Å². The highest BCUT2D eigenvalue weighted by molar-refractivity contribution is 6.14. The average molecular weight is 786 g/mol. The summed E-state index contributed by atoms with van der Waals surface area (Å²) in [4.78, 5) is 43.2. The summed E-state index contributed by atoms with van der Waals surface area (Å²) in [5.41, 5.74) is 11.9. The minimum atomic E-state index is -0.0267. The molecule has 0 aliphatic carbocycles. The van der Waals surface area contributed by atoms with Gasteiger partial charge in [0.2, 0.25) is 0 Å². The van der Waals surface area contributed by atoms with Crippen LogP contribution in [0.2, 0.25) is 0 Å². The Balaban J connectivity index is 1.09. The molecule has 0 spiro atoms. The summed E-state index contributed by atoms with van der Waals surface area (Å²) in [6.07, 6.45) is 0. The van der Waals surface area contributed by atoms with Crippen molar-refractivity contribution in [1.29, 1.82) is 0 Å². The summed E-state index contributed by atoms with van der Waals surface area (Å²) in [6, 6.07) is 76.0. The molecule has 9 rings (SSSR count). The van der Waals surface area contributed by atoms with E-state index >= 15 is 0 Å². The van der Waals surface area contributed by atoms with E-state index in [0.29, 0.717) is 33.4 Å². The summed E-state index contributed by atoms with van der Waals surface area (Å²) >= 11 is 0. The Morgan fingerprint density at radius 2 is 0.475 bits per heavy atom. The van der Waals surface area contributed by atoms with Crippen LogP contribution < -0.4 is 4.90 Å². The second-order valence-corrected chi connectivity index (χ2v) is 14.7. The van der Waals surface area contributed by atoms with Crippen molar-refractivity contribution in [2.75, 3.05) is 4.90 Å². The lowest BCUT2D eigenvalue weighted by Crippen LogP contribution is -2.10. The number of nitrogens with zero attached hydrogens (tertiary/aromatic N) is 1. The molecular formula is C57H39NO3. The van der Waals surface area contributed by atoms with Gasteiger partial charge in [-0.15, -0.1) is 0 Å². The van der Waals surface area contributed by atoms with Gasteiger partial charge in [-0.2, -0.15) is 0 Å². The number of ketones is 3. The van der Waals surface area contributed by atoms with Crippen molar-refractivity contribution >= 4 is 34.4 Å². The average Bonchev–Trinajstić information content (AvgIpc) is 3.35. The van der Waals surface area contributed by atoms with Gasteiger partial charge in [-0.3, -0.25) is 14.4 Å². The van der Waals surface area contributed by atoms with E-state index in [1.54, 1.807) is 0 Å². The number of anilines is 3. The summed E-state index contributed by atoms with van der Waals surface area (Å²) in [5.74, 6) is -0.0801. The fourth-order valence-corrected chi connectivity index (χ4v) is 7.85. The largest absolute Gasteiger partial charge is 0.311 e. The number of benzene rings is 9. The van der Waals surface area contributed by atoms with E-state index in [1.807, 2.05) is 164 Å². The zero-order valence-electron chi connectivity index (χ0n) is 33.2. The summed E-state index contributed by atoms with van der Waals surface area (Å²) < 4.78 is 0. The Morgan fingerprint density at radius 1 is 0.246 bits per heavy atom. The fourth-order valence-electron chi connectivity index (χ4n) is 7.85. The van der Waals surface area contributed by atoms with Gasteiger partial charge in [0.15, 0.2) is 17.3 Å². The quantitative estimate of drug-likeness (QED) is 0.116. The highest BCUT2D eigenvalue weighted by atomic mass is 16.1. The van der Waals surface area contributed by atoms with Gasteiger partial charge in [0, 0.05) is 50.4 Å². The predicted molar refractivity (Wildman–Crippen MR) is 247 cm³/mol. The van der Waals surface area contributed by atoms with E-state index in [4.69, 9.17) is 0 Å². The van der Waals surface area contributed by atoms with Crippen LogP contribution in [0.3, 0.4) is 0 Å². The molecule has 290 valence electrons. The third-order valence-corrected chi connectivity index (χ3v) is 10.9. The van der Waals surface area contributed by atoms with Gasteiger partial charge < -0.3 is 4.90 Å². The number of hydrogen-bond acceptors (Lipinski definition) is 4. The summed E-state index contributed by atoms with van der Waals surface area (Å²) in [5, 5.41) is 0. The Morgan fingerprint density at radius 3 is 0.738 bits per heavy atom. The van der Waals surface area contributed by atoms with E-state index in [9.17, 15) is 14.4 Å². The molecule has 0 aromatic heterocycles. The van der Waals surface area contributed by atoms with Crippen molar-refractivity contribution in [3.8, 4) is 33.4 Å². The van der Waals surface area contributed by atoms with Crippen molar-refractivity contribution < 1.29 is 14.4 Å². The van der Waals surface area contributed by atoms with Gasteiger partial charge in [0.1, 0.15) is 0 Å². The molecule has 0 amide bonds. The second-order valence-electron chi connectivity index (χ2n) is 14.7. The number of carbonyl (C=O) groups is 3. The summed E-state index contributed by atoms with van der Waals surface area (Å²) in [7, 11) is 0. The number of carbonyl (C=O) groups excluding carboxylic acids is 3. The van der Waals surface area contributed by atoms with Crippen LogP contribution in [-0.4, -0.2) is 17.3 Å². The molecule has 0 atom stereocenters. The standard InChI is InChI=1S/C57H39NO3/c59-55(43-16-4-1-5-17-43)52-25-13-10-22-49(52)40-28-34-46(35-29-40)58(47-36-30-41(31-37-47)50-23-11-14-26-53(50)56(60)44-18-6-2-7-19-44)48-38-32-42(33-39-48)51-24-12-15-27-54(51)57(61)45-20-8-3-9-21-45/h1-39H. The zero-order valence-corrected chi connectivity index (χ0v) is 33.2. The van der Waals surface area contributed by atoms with Gasteiger partial charge in [-0.05, 0) is 69.8 Å². The molecule has 0 bridgehead atoms. The summed E-state index contributed by atoms with van der Waals surface area (Å²) in [6.45, 7) is 0. The highest BCUT2D eigenvalue weighted by Crippen LogP contribution is 2.39. The molecule has 0 fully saturated rings. The minimum Gasteiger partial charge on any atom is -0.311 e. The second kappa shape index (κ2) is 17.3. The van der Waals surface area contributed by atoms with Crippen LogP contribution in [0, 0.1) is 0 Å². The maximum Gasteiger partial charge on any atom is 0.193 e. The maximum absolute atomic E-state index is 13.7. The number of rotatable bonds is 12. The van der Waals surface area contributed by atoms with Crippen LogP contribution in [0.25, 0.3) is 33.4 Å². The maximum atomic E-state index is 13.7. The first kappa shape index (κ1) is 38.3. The van der Waals surface area contributed by atoms with Gasteiger partial charge in [-0.25, -0.2) is 0 Å². The van der Waals surface area contributed by atoms with Crippen LogP contribution in [0.15, 0.2) is 237 Å². The number of hydrogen-bond donors (Lipinski definition) is 0. The van der Waals surface area contributed by atoms with Crippen molar-refractivity contribution in [3.05, 3.63) is 270 Å². The first-order valence-corrected chi connectivity index (χ1v) is 20.2. The van der Waals surface area contributed by atoms with Gasteiger partial charge in [0.05, 0.1) is 0 Å². The molecule has 0 aliphatic heterocycles. The molecule has 9 aromatic rings. The molecule has 0 radical (unpaired) electrons. The first-order chi connectivity index (χ1) is 30.0. The Hall–Kier alpha value is -8.21. The van der Waals surface area contributed by atoms with Crippen molar-refractivity contribution in [1.82, 2.24) is 0 Å². The van der Waals surface area contributed by atoms with E-state index in [1.165, 1.54) is 0 Å². The lowest BCUT2D eigenvalue weighted by atomic mass is 9.93. The third kappa shape index (κ3) is 7.99. The van der Waals surface area contributed by atoms with E-state index in [-0.39, 0.29) is 17.3 Å². The normalized spacial score (nSPS) is 10.8. The van der Waals surface area contributed by atoms with Crippen molar-refractivity contribution in [2.24, 2.45) is 0 Å². The monoisotopic (exact) mass is 785 g/mol. The molecule has 0 N–H and O–H groups in total. The predicted octanol–water partition coefficient (Wildman–Crippen LogP) is 13.9.